The largest absolute Gasteiger partial charge is 0.464 e. The Labute approximate surface area is 86.5 Å². The molecule has 0 saturated carbocycles. The third-order valence-electron chi connectivity index (χ3n) is 2.67. The Morgan fingerprint density at radius 3 is 2.57 bits per heavy atom. The first-order valence-electron chi connectivity index (χ1n) is 5.47. The lowest BCUT2D eigenvalue weighted by Gasteiger charge is -2.07. The molecule has 80 valence electrons. The minimum absolute atomic E-state index is 0.0777. The molecule has 0 saturated heterocycles. The molecule has 0 bridgehead atoms. The quantitative estimate of drug-likeness (QED) is 0.730. The second-order valence-corrected chi connectivity index (χ2v) is 3.99. The monoisotopic (exact) mass is 195 g/mol. The van der Waals surface area contributed by atoms with Gasteiger partial charge in [-0.1, -0.05) is 26.2 Å². The van der Waals surface area contributed by atoms with E-state index in [1.54, 1.807) is 0 Å². The van der Waals surface area contributed by atoms with Gasteiger partial charge in [-0.3, -0.25) is 0 Å². The summed E-state index contributed by atoms with van der Waals surface area (Å²) >= 11 is 0. The average Bonchev–Trinajstić information content (AvgIpc) is 2.47. The second kappa shape index (κ2) is 5.20. The maximum absolute atomic E-state index is 6.02. The van der Waals surface area contributed by atoms with E-state index in [0.717, 1.165) is 17.9 Å². The van der Waals surface area contributed by atoms with E-state index in [2.05, 4.69) is 19.9 Å². The maximum Gasteiger partial charge on any atom is 0.121 e. The predicted octanol–water partition coefficient (Wildman–Crippen LogP) is 3.48. The molecule has 0 spiro atoms. The summed E-state index contributed by atoms with van der Waals surface area (Å²) in [4.78, 5) is 0. The Morgan fingerprint density at radius 2 is 2.07 bits per heavy atom. The highest BCUT2D eigenvalue weighted by Crippen LogP contribution is 2.22. The van der Waals surface area contributed by atoms with Crippen LogP contribution in [0.5, 0.6) is 0 Å². The molecule has 1 aromatic heterocycles. The van der Waals surface area contributed by atoms with Gasteiger partial charge >= 0.3 is 0 Å². The number of nitrogens with two attached hydrogens (primary N) is 1. The minimum Gasteiger partial charge on any atom is -0.464 e. The lowest BCUT2D eigenvalue weighted by Crippen LogP contribution is -2.08. The van der Waals surface area contributed by atoms with Gasteiger partial charge in [0.25, 0.3) is 0 Å². The van der Waals surface area contributed by atoms with Crippen molar-refractivity contribution in [3.8, 4) is 0 Å². The van der Waals surface area contributed by atoms with Gasteiger partial charge in [0, 0.05) is 0 Å². The van der Waals surface area contributed by atoms with E-state index in [-0.39, 0.29) is 6.04 Å². The van der Waals surface area contributed by atoms with Gasteiger partial charge in [-0.05, 0) is 31.9 Å². The predicted molar refractivity (Wildman–Crippen MR) is 59.3 cm³/mol. The van der Waals surface area contributed by atoms with Crippen LogP contribution in [-0.4, -0.2) is 0 Å². The third-order valence-corrected chi connectivity index (χ3v) is 2.67. The molecule has 0 aliphatic carbocycles. The first-order valence-corrected chi connectivity index (χ1v) is 5.47. The summed E-state index contributed by atoms with van der Waals surface area (Å²) in [5.41, 5.74) is 7.22. The number of hydrogen-bond donors (Lipinski definition) is 1. The standard InChI is InChI=1S/C12H21NO/c1-4-5-6-7-11(13)12-8-9(2)10(3)14-12/h8,11H,4-7,13H2,1-3H3/t11-/m0/s1. The fourth-order valence-electron chi connectivity index (χ4n) is 1.54. The molecule has 0 aliphatic rings. The van der Waals surface area contributed by atoms with Crippen molar-refractivity contribution in [3.05, 3.63) is 23.2 Å². The zero-order valence-corrected chi connectivity index (χ0v) is 9.47. The molecule has 1 heterocycles. The van der Waals surface area contributed by atoms with Crippen LogP contribution in [0.2, 0.25) is 0 Å². The Kier molecular flexibility index (Phi) is 4.21. The fourth-order valence-corrected chi connectivity index (χ4v) is 1.54. The molecule has 1 aromatic rings. The molecular weight excluding hydrogens is 174 g/mol. The topological polar surface area (TPSA) is 39.2 Å². The minimum atomic E-state index is 0.0777. The molecule has 1 rings (SSSR count). The number of hydrogen-bond acceptors (Lipinski definition) is 2. The fraction of sp³-hybridized carbons (Fsp3) is 0.667. The van der Waals surface area contributed by atoms with Crippen molar-refractivity contribution in [1.29, 1.82) is 0 Å². The zero-order chi connectivity index (χ0) is 10.6. The summed E-state index contributed by atoms with van der Waals surface area (Å²) in [5, 5.41) is 0. The molecule has 2 heteroatoms. The van der Waals surface area contributed by atoms with E-state index >= 15 is 0 Å². The number of aryl methyl sites for hydroxylation is 2. The molecule has 2 nitrogen and oxygen atoms in total. The van der Waals surface area contributed by atoms with Crippen LogP contribution in [0.1, 0.15) is 55.7 Å². The highest BCUT2D eigenvalue weighted by molar-refractivity contribution is 5.20. The van der Waals surface area contributed by atoms with E-state index in [1.807, 2.05) is 6.92 Å². The average molecular weight is 195 g/mol. The summed E-state index contributed by atoms with van der Waals surface area (Å²) in [7, 11) is 0. The van der Waals surface area contributed by atoms with Gasteiger partial charge < -0.3 is 10.2 Å². The summed E-state index contributed by atoms with van der Waals surface area (Å²) in [6.07, 6.45) is 4.71. The SMILES string of the molecule is CCCCC[C@H](N)c1cc(C)c(C)o1. The molecule has 1 atom stereocenters. The van der Waals surface area contributed by atoms with Crippen molar-refractivity contribution in [3.63, 3.8) is 0 Å². The van der Waals surface area contributed by atoms with Gasteiger partial charge in [0.05, 0.1) is 6.04 Å². The van der Waals surface area contributed by atoms with Gasteiger partial charge in [0.2, 0.25) is 0 Å². The van der Waals surface area contributed by atoms with Crippen LogP contribution in [0.4, 0.5) is 0 Å². The van der Waals surface area contributed by atoms with E-state index in [1.165, 1.54) is 24.8 Å². The van der Waals surface area contributed by atoms with Crippen LogP contribution >= 0.6 is 0 Å². The maximum atomic E-state index is 6.02. The Bertz CT molecular complexity index is 258. The molecule has 0 amide bonds. The molecule has 14 heavy (non-hydrogen) atoms. The molecule has 0 aliphatic heterocycles. The normalized spacial score (nSPS) is 13.1. The lowest BCUT2D eigenvalue weighted by atomic mass is 10.1. The first-order chi connectivity index (χ1) is 6.65. The van der Waals surface area contributed by atoms with E-state index in [9.17, 15) is 0 Å². The summed E-state index contributed by atoms with van der Waals surface area (Å²) in [6.45, 7) is 6.24. The van der Waals surface area contributed by atoms with Crippen LogP contribution in [0, 0.1) is 13.8 Å². The lowest BCUT2D eigenvalue weighted by molar-refractivity contribution is 0.425. The second-order valence-electron chi connectivity index (χ2n) is 3.99. The van der Waals surface area contributed by atoms with Gasteiger partial charge in [0.1, 0.15) is 11.5 Å². The van der Waals surface area contributed by atoms with Crippen LogP contribution in [0.25, 0.3) is 0 Å². The van der Waals surface area contributed by atoms with Crippen molar-refractivity contribution in [2.24, 2.45) is 5.73 Å². The van der Waals surface area contributed by atoms with Gasteiger partial charge in [0.15, 0.2) is 0 Å². The molecule has 0 radical (unpaired) electrons. The number of furan rings is 1. The Balaban J connectivity index is 2.47. The zero-order valence-electron chi connectivity index (χ0n) is 9.47. The van der Waals surface area contributed by atoms with Crippen LogP contribution < -0.4 is 5.73 Å². The van der Waals surface area contributed by atoms with E-state index < -0.39 is 0 Å². The molecule has 2 N–H and O–H groups in total. The molecule has 0 aromatic carbocycles. The van der Waals surface area contributed by atoms with Crippen molar-refractivity contribution in [1.82, 2.24) is 0 Å². The highest BCUT2D eigenvalue weighted by atomic mass is 16.3. The van der Waals surface area contributed by atoms with Gasteiger partial charge in [-0.25, -0.2) is 0 Å². The Hall–Kier alpha value is -0.760. The number of unbranched alkanes of at least 4 members (excludes halogenated alkanes) is 2. The van der Waals surface area contributed by atoms with Crippen molar-refractivity contribution in [2.45, 2.75) is 52.5 Å². The third kappa shape index (κ3) is 2.88. The van der Waals surface area contributed by atoms with Gasteiger partial charge in [-0.15, -0.1) is 0 Å². The Morgan fingerprint density at radius 1 is 1.36 bits per heavy atom. The van der Waals surface area contributed by atoms with Crippen LogP contribution in [-0.2, 0) is 0 Å². The highest BCUT2D eigenvalue weighted by Gasteiger charge is 2.11. The molecule has 0 fully saturated rings. The summed E-state index contributed by atoms with van der Waals surface area (Å²) < 4.78 is 5.58. The van der Waals surface area contributed by atoms with Crippen molar-refractivity contribution >= 4 is 0 Å². The summed E-state index contributed by atoms with van der Waals surface area (Å²) in [5.74, 6) is 1.93. The van der Waals surface area contributed by atoms with Gasteiger partial charge in [-0.2, -0.15) is 0 Å². The van der Waals surface area contributed by atoms with Crippen molar-refractivity contribution in [2.75, 3.05) is 0 Å². The smallest absolute Gasteiger partial charge is 0.121 e. The van der Waals surface area contributed by atoms with Crippen LogP contribution in [0.3, 0.4) is 0 Å². The molecule has 0 unspecified atom stereocenters. The van der Waals surface area contributed by atoms with E-state index in [0.29, 0.717) is 0 Å². The van der Waals surface area contributed by atoms with Crippen LogP contribution in [0.15, 0.2) is 10.5 Å². The molecular formula is C12H21NO. The summed E-state index contributed by atoms with van der Waals surface area (Å²) in [6, 6.07) is 2.14. The van der Waals surface area contributed by atoms with E-state index in [4.69, 9.17) is 10.2 Å². The first kappa shape index (κ1) is 11.3. The van der Waals surface area contributed by atoms with Crippen molar-refractivity contribution < 1.29 is 4.42 Å². The number of rotatable bonds is 5.